The Labute approximate surface area is 331 Å². The van der Waals surface area contributed by atoms with Gasteiger partial charge in [-0.2, -0.15) is 0 Å². The smallest absolute Gasteiger partial charge is 0.317 e. The van der Waals surface area contributed by atoms with Crippen LogP contribution in [0.2, 0.25) is 20.1 Å². The highest BCUT2D eigenvalue weighted by molar-refractivity contribution is 6.36. The second-order valence-electron chi connectivity index (χ2n) is 12.6. The summed E-state index contributed by atoms with van der Waals surface area (Å²) < 4.78 is 36.9. The summed E-state index contributed by atoms with van der Waals surface area (Å²) in [5.41, 5.74) is 4.16. The Morgan fingerprint density at radius 3 is 1.26 bits per heavy atom. The van der Waals surface area contributed by atoms with Crippen LogP contribution in [0.1, 0.15) is 60.8 Å². The van der Waals surface area contributed by atoms with Crippen LogP contribution in [0, 0.1) is 23.5 Å². The van der Waals surface area contributed by atoms with Gasteiger partial charge in [0.25, 0.3) is 0 Å². The molecule has 0 amide bonds. The highest BCUT2D eigenvalue weighted by Gasteiger charge is 2.41. The van der Waals surface area contributed by atoms with Crippen LogP contribution in [0.15, 0.2) is 97.1 Å². The molecule has 2 aliphatic rings. The van der Waals surface area contributed by atoms with E-state index in [9.17, 15) is 28.0 Å². The van der Waals surface area contributed by atoms with Crippen molar-refractivity contribution in [2.75, 3.05) is 13.2 Å². The molecule has 2 aliphatic carbocycles. The van der Waals surface area contributed by atoms with E-state index in [0.717, 1.165) is 0 Å². The predicted octanol–water partition coefficient (Wildman–Crippen LogP) is 10.9. The van der Waals surface area contributed by atoms with Gasteiger partial charge < -0.3 is 9.47 Å². The molecule has 4 aromatic rings. The van der Waals surface area contributed by atoms with E-state index in [2.05, 4.69) is 0 Å². The summed E-state index contributed by atoms with van der Waals surface area (Å²) in [6, 6.07) is 21.7. The average molecular weight is 815 g/mol. The van der Waals surface area contributed by atoms with Crippen LogP contribution < -0.4 is 0 Å². The molecule has 0 saturated heterocycles. The number of rotatable bonds is 8. The Kier molecular flexibility index (Phi) is 13.9. The predicted molar refractivity (Wildman–Crippen MR) is 207 cm³/mol. The number of ketones is 2. The van der Waals surface area contributed by atoms with Crippen molar-refractivity contribution in [3.8, 4) is 0 Å². The zero-order valence-corrected chi connectivity index (χ0v) is 32.1. The number of hydrogen-bond acceptors (Lipinski definition) is 6. The Morgan fingerprint density at radius 1 is 0.593 bits per heavy atom. The summed E-state index contributed by atoms with van der Waals surface area (Å²) in [5, 5.41) is 1.83. The second kappa shape index (κ2) is 18.3. The van der Waals surface area contributed by atoms with E-state index in [0.29, 0.717) is 66.3 Å². The third kappa shape index (κ3) is 9.66. The van der Waals surface area contributed by atoms with Crippen LogP contribution in [-0.4, -0.2) is 36.7 Å². The molecule has 0 radical (unpaired) electrons. The molecule has 0 saturated carbocycles. The van der Waals surface area contributed by atoms with Gasteiger partial charge in [-0.1, -0.05) is 82.8 Å². The molecule has 0 aromatic heterocycles. The molecule has 0 aliphatic heterocycles. The van der Waals surface area contributed by atoms with Gasteiger partial charge >= 0.3 is 11.9 Å². The molecule has 280 valence electrons. The van der Waals surface area contributed by atoms with Gasteiger partial charge in [-0.15, -0.1) is 0 Å². The molecular formula is C42H34Cl4F2O6. The van der Waals surface area contributed by atoms with Gasteiger partial charge in [-0.05, 0) is 121 Å². The van der Waals surface area contributed by atoms with Crippen LogP contribution in [0.3, 0.4) is 0 Å². The summed E-state index contributed by atoms with van der Waals surface area (Å²) >= 11 is 24.5. The maximum Gasteiger partial charge on any atom is 0.317 e. The fourth-order valence-corrected chi connectivity index (χ4v) is 7.75. The molecule has 0 bridgehead atoms. The summed E-state index contributed by atoms with van der Waals surface area (Å²) in [6.45, 7) is 3.73. The first-order chi connectivity index (χ1) is 25.8. The molecule has 0 spiro atoms. The van der Waals surface area contributed by atoms with Crippen molar-refractivity contribution < 1.29 is 37.4 Å². The van der Waals surface area contributed by atoms with Crippen molar-refractivity contribution in [3.05, 3.63) is 151 Å². The third-order valence-corrected chi connectivity index (χ3v) is 10.3. The number of ether oxygens (including phenoxy) is 2. The lowest BCUT2D eigenvalue weighted by Gasteiger charge is -2.29. The quantitative estimate of drug-likeness (QED) is 0.130. The first-order valence-corrected chi connectivity index (χ1v) is 18.6. The Bertz CT molecular complexity index is 1960. The largest absolute Gasteiger partial charge is 0.465 e. The summed E-state index contributed by atoms with van der Waals surface area (Å²) in [4.78, 5) is 50.5. The second-order valence-corrected chi connectivity index (χ2v) is 14.3. The van der Waals surface area contributed by atoms with Gasteiger partial charge in [-0.25, -0.2) is 8.78 Å². The van der Waals surface area contributed by atoms with Gasteiger partial charge in [-0.3, -0.25) is 19.2 Å². The Morgan fingerprint density at radius 2 is 0.944 bits per heavy atom. The van der Waals surface area contributed by atoms with Crippen molar-refractivity contribution in [2.24, 2.45) is 11.8 Å². The van der Waals surface area contributed by atoms with Crippen LogP contribution >= 0.6 is 46.4 Å². The lowest BCUT2D eigenvalue weighted by atomic mass is 9.73. The van der Waals surface area contributed by atoms with E-state index in [4.69, 9.17) is 55.9 Å². The standard InChI is InChI=1S/2C21H17Cl2FO3/c2*1-2-27-21(26)20-17(12-3-6-15(24)7-4-12)9-13(10-19(20)25)16-8-5-14(22)11-18(16)23/h2*3-8,10-11,17,20H,2,9H2,1H3/t2*17-,20-/m10/s1. The maximum atomic E-state index is 13.3. The first-order valence-electron chi connectivity index (χ1n) is 17.0. The molecule has 4 aromatic carbocycles. The topological polar surface area (TPSA) is 86.7 Å². The van der Waals surface area contributed by atoms with E-state index < -0.39 is 35.6 Å². The fourth-order valence-electron chi connectivity index (χ4n) is 6.69. The number of halogens is 6. The summed E-state index contributed by atoms with van der Waals surface area (Å²) in [6.07, 6.45) is 3.66. The number of carbonyl (C=O) groups is 4. The van der Waals surface area contributed by atoms with E-state index in [1.54, 1.807) is 74.5 Å². The molecule has 4 atom stereocenters. The van der Waals surface area contributed by atoms with Crippen LogP contribution in [-0.2, 0) is 28.7 Å². The third-order valence-electron chi connectivity index (χ3n) is 9.16. The number of allylic oxidation sites excluding steroid dienone is 4. The normalized spacial score (nSPS) is 19.6. The molecule has 6 nitrogen and oxygen atoms in total. The van der Waals surface area contributed by atoms with Crippen molar-refractivity contribution in [2.45, 2.75) is 38.5 Å². The highest BCUT2D eigenvalue weighted by Crippen LogP contribution is 2.44. The van der Waals surface area contributed by atoms with E-state index >= 15 is 0 Å². The van der Waals surface area contributed by atoms with Crippen molar-refractivity contribution in [1.82, 2.24) is 0 Å². The lowest BCUT2D eigenvalue weighted by molar-refractivity contribution is -0.153. The molecule has 0 fully saturated rings. The molecule has 0 heterocycles. The number of carbonyl (C=O) groups excluding carboxylic acids is 4. The molecule has 6 rings (SSSR count). The van der Waals surface area contributed by atoms with Crippen molar-refractivity contribution in [3.63, 3.8) is 0 Å². The summed E-state index contributed by atoms with van der Waals surface area (Å²) in [5.74, 6) is -5.49. The van der Waals surface area contributed by atoms with E-state index in [1.807, 2.05) is 0 Å². The van der Waals surface area contributed by atoms with Gasteiger partial charge in [0.05, 0.1) is 13.2 Å². The zero-order chi connectivity index (χ0) is 39.1. The average Bonchev–Trinajstić information content (AvgIpc) is 3.12. The molecule has 12 heteroatoms. The molecule has 0 N–H and O–H groups in total. The van der Waals surface area contributed by atoms with Gasteiger partial charge in [0, 0.05) is 31.9 Å². The van der Waals surface area contributed by atoms with Gasteiger partial charge in [0.15, 0.2) is 11.6 Å². The maximum absolute atomic E-state index is 13.3. The number of benzene rings is 4. The zero-order valence-electron chi connectivity index (χ0n) is 29.1. The molecular weight excluding hydrogens is 780 g/mol. The van der Waals surface area contributed by atoms with Gasteiger partial charge in [0.1, 0.15) is 23.5 Å². The molecule has 0 unspecified atom stereocenters. The Balaban J connectivity index is 0.000000208. The number of hydrogen-bond donors (Lipinski definition) is 0. The minimum Gasteiger partial charge on any atom is -0.465 e. The lowest BCUT2D eigenvalue weighted by Crippen LogP contribution is -2.34. The first kappa shape index (κ1) is 40.8. The number of esters is 2. The van der Waals surface area contributed by atoms with Crippen molar-refractivity contribution >= 4 is 81.1 Å². The Hall–Kier alpha value is -4.34. The molecule has 54 heavy (non-hydrogen) atoms. The monoisotopic (exact) mass is 812 g/mol. The fraction of sp³-hybridized carbons (Fsp3) is 0.238. The van der Waals surface area contributed by atoms with Gasteiger partial charge in [0.2, 0.25) is 0 Å². The minimum absolute atomic E-state index is 0.179. The SMILES string of the molecule is CCOC(=O)[C@@H]1C(=O)C=C(c2ccc(Cl)cc2Cl)C[C@H]1c1ccc(F)cc1.CCOC(=O)[C@H]1C(=O)C=C(c2ccc(Cl)cc2Cl)C[C@@H]1c1ccc(F)cc1. The summed E-state index contributed by atoms with van der Waals surface area (Å²) in [7, 11) is 0. The van der Waals surface area contributed by atoms with Crippen LogP contribution in [0.5, 0.6) is 0 Å². The van der Waals surface area contributed by atoms with E-state index in [1.165, 1.54) is 36.4 Å². The van der Waals surface area contributed by atoms with E-state index in [-0.39, 0.29) is 36.4 Å². The highest BCUT2D eigenvalue weighted by atomic mass is 35.5. The van der Waals surface area contributed by atoms with Crippen molar-refractivity contribution in [1.29, 1.82) is 0 Å². The van der Waals surface area contributed by atoms with Crippen LogP contribution in [0.25, 0.3) is 11.1 Å². The van der Waals surface area contributed by atoms with Crippen LogP contribution in [0.4, 0.5) is 8.78 Å². The minimum atomic E-state index is -0.967.